The highest BCUT2D eigenvalue weighted by atomic mass is 32.2. The number of aromatic nitrogens is 3. The summed E-state index contributed by atoms with van der Waals surface area (Å²) in [6, 6.07) is 12.3. The Hall–Kier alpha value is -3.63. The molecule has 4 N–H and O–H groups in total. The van der Waals surface area contributed by atoms with Crippen molar-refractivity contribution in [3.8, 4) is 28.1 Å². The number of rotatable bonds is 4. The topological polar surface area (TPSA) is 134 Å². The molecule has 2 aromatic heterocycles. The first-order valence-corrected chi connectivity index (χ1v) is 11.4. The molecule has 0 amide bonds. The van der Waals surface area contributed by atoms with Crippen LogP contribution in [0.4, 0.5) is 5.95 Å². The molecule has 164 valence electrons. The van der Waals surface area contributed by atoms with Crippen LogP contribution in [0.1, 0.15) is 5.56 Å². The molecule has 0 saturated carbocycles. The summed E-state index contributed by atoms with van der Waals surface area (Å²) >= 11 is 0. The van der Waals surface area contributed by atoms with Gasteiger partial charge in [-0.15, -0.1) is 0 Å². The first-order chi connectivity index (χ1) is 15.3. The van der Waals surface area contributed by atoms with Crippen molar-refractivity contribution in [2.45, 2.75) is 11.3 Å². The Bertz CT molecular complexity index is 1520. The summed E-state index contributed by atoms with van der Waals surface area (Å²) in [7, 11) is -0.592. The van der Waals surface area contributed by atoms with Gasteiger partial charge in [0.15, 0.2) is 0 Å². The number of aromatic amines is 2. The number of nitrogens with two attached hydrogens (primary N) is 1. The van der Waals surface area contributed by atoms with E-state index in [1.807, 2.05) is 18.2 Å². The Morgan fingerprint density at radius 2 is 1.78 bits per heavy atom. The number of benzene rings is 2. The molecule has 3 heterocycles. The third-order valence-corrected chi connectivity index (χ3v) is 7.42. The number of nitrogens with one attached hydrogen (secondary N) is 2. The maximum Gasteiger partial charge on any atom is 0.262 e. The fourth-order valence-electron chi connectivity index (χ4n) is 3.95. The summed E-state index contributed by atoms with van der Waals surface area (Å²) < 4.78 is 31.7. The molecule has 2 aromatic carbocycles. The first-order valence-electron chi connectivity index (χ1n) is 9.96. The summed E-state index contributed by atoms with van der Waals surface area (Å²) in [4.78, 5) is 23.0. The zero-order chi connectivity index (χ0) is 22.6. The minimum absolute atomic E-state index is 0.00607. The second kappa shape index (κ2) is 7.21. The van der Waals surface area contributed by atoms with Crippen molar-refractivity contribution < 1.29 is 13.2 Å². The summed E-state index contributed by atoms with van der Waals surface area (Å²) in [5.41, 5.74) is 9.63. The SMILES string of the molecule is CN(C)S(=O)(=O)c1ccc(-c2[nH]c3nc(N)[nH]c(=O)c3c2-c2ccc3c(c2)OCC3)cc1. The first kappa shape index (κ1) is 20.3. The monoisotopic (exact) mass is 451 g/mol. The summed E-state index contributed by atoms with van der Waals surface area (Å²) in [6.07, 6.45) is 0.844. The number of hydrogen-bond acceptors (Lipinski definition) is 6. The molecule has 0 aliphatic carbocycles. The van der Waals surface area contributed by atoms with Crippen molar-refractivity contribution in [3.05, 3.63) is 58.4 Å². The molecule has 0 unspecified atom stereocenters. The van der Waals surface area contributed by atoms with E-state index in [9.17, 15) is 13.2 Å². The average Bonchev–Trinajstić information content (AvgIpc) is 3.37. The van der Waals surface area contributed by atoms with Gasteiger partial charge in [-0.2, -0.15) is 4.98 Å². The number of nitrogen functional groups attached to an aromatic ring is 1. The van der Waals surface area contributed by atoms with Crippen LogP contribution in [0.15, 0.2) is 52.2 Å². The van der Waals surface area contributed by atoms with Gasteiger partial charge in [0.2, 0.25) is 16.0 Å². The van der Waals surface area contributed by atoms with Gasteiger partial charge in [-0.05, 0) is 34.9 Å². The van der Waals surface area contributed by atoms with Crippen LogP contribution in [-0.2, 0) is 16.4 Å². The Morgan fingerprint density at radius 3 is 2.50 bits per heavy atom. The molecule has 0 saturated heterocycles. The Labute approximate surface area is 183 Å². The lowest BCUT2D eigenvalue weighted by Gasteiger charge is -2.12. The second-order valence-electron chi connectivity index (χ2n) is 7.78. The van der Waals surface area contributed by atoms with Gasteiger partial charge in [0, 0.05) is 26.1 Å². The molecule has 0 radical (unpaired) electrons. The fraction of sp³-hybridized carbons (Fsp3) is 0.182. The Balaban J connectivity index is 1.74. The van der Waals surface area contributed by atoms with Crippen molar-refractivity contribution in [2.75, 3.05) is 26.4 Å². The molecule has 9 nitrogen and oxygen atoms in total. The van der Waals surface area contributed by atoms with Crippen molar-refractivity contribution in [3.63, 3.8) is 0 Å². The molecule has 1 aliphatic rings. The van der Waals surface area contributed by atoms with Crippen LogP contribution < -0.4 is 16.0 Å². The van der Waals surface area contributed by atoms with Gasteiger partial charge in [-0.1, -0.05) is 24.3 Å². The van der Waals surface area contributed by atoms with E-state index in [2.05, 4.69) is 15.0 Å². The highest BCUT2D eigenvalue weighted by Crippen LogP contribution is 2.39. The van der Waals surface area contributed by atoms with E-state index in [1.54, 1.807) is 12.1 Å². The molecule has 0 atom stereocenters. The van der Waals surface area contributed by atoms with Crippen LogP contribution in [-0.4, -0.2) is 48.4 Å². The lowest BCUT2D eigenvalue weighted by atomic mass is 9.98. The number of nitrogens with zero attached hydrogens (tertiary/aromatic N) is 2. The maximum atomic E-state index is 12.8. The summed E-state index contributed by atoms with van der Waals surface area (Å²) in [5.74, 6) is 0.793. The van der Waals surface area contributed by atoms with E-state index in [4.69, 9.17) is 10.5 Å². The highest BCUT2D eigenvalue weighted by molar-refractivity contribution is 7.89. The molecule has 0 bridgehead atoms. The van der Waals surface area contributed by atoms with E-state index in [0.29, 0.717) is 34.5 Å². The minimum atomic E-state index is -3.56. The maximum absolute atomic E-state index is 12.8. The largest absolute Gasteiger partial charge is 0.493 e. The molecule has 4 aromatic rings. The van der Waals surface area contributed by atoms with Gasteiger partial charge in [0.1, 0.15) is 11.4 Å². The standard InChI is InChI=1S/C22H21N5O4S/c1-27(2)32(29,30)15-7-5-13(6-8-15)19-17(14-4-3-12-9-10-31-16(12)11-14)18-20(24-19)25-22(23)26-21(18)28/h3-8,11H,9-10H2,1-2H3,(H4,23,24,25,26,28). The summed E-state index contributed by atoms with van der Waals surface area (Å²) in [5, 5.41) is 0.372. The van der Waals surface area contributed by atoms with E-state index < -0.39 is 10.0 Å². The molecule has 32 heavy (non-hydrogen) atoms. The van der Waals surface area contributed by atoms with Gasteiger partial charge < -0.3 is 15.5 Å². The minimum Gasteiger partial charge on any atom is -0.493 e. The molecule has 10 heteroatoms. The number of H-pyrrole nitrogens is 2. The van der Waals surface area contributed by atoms with Gasteiger partial charge in [-0.3, -0.25) is 9.78 Å². The number of ether oxygens (including phenoxy) is 1. The Kier molecular flexibility index (Phi) is 4.57. The quantitative estimate of drug-likeness (QED) is 0.436. The van der Waals surface area contributed by atoms with Crippen LogP contribution in [0, 0.1) is 0 Å². The van der Waals surface area contributed by atoms with Gasteiger partial charge in [0.25, 0.3) is 5.56 Å². The summed E-state index contributed by atoms with van der Waals surface area (Å²) in [6.45, 7) is 0.625. The van der Waals surface area contributed by atoms with Crippen LogP contribution in [0.2, 0.25) is 0 Å². The lowest BCUT2D eigenvalue weighted by molar-refractivity contribution is 0.357. The van der Waals surface area contributed by atoms with E-state index >= 15 is 0 Å². The van der Waals surface area contributed by atoms with Gasteiger partial charge in [0.05, 0.1) is 22.6 Å². The van der Waals surface area contributed by atoms with Crippen LogP contribution in [0.3, 0.4) is 0 Å². The fourth-order valence-corrected chi connectivity index (χ4v) is 4.85. The zero-order valence-electron chi connectivity index (χ0n) is 17.5. The molecule has 0 fully saturated rings. The third-order valence-electron chi connectivity index (χ3n) is 5.59. The molecular weight excluding hydrogens is 430 g/mol. The lowest BCUT2D eigenvalue weighted by Crippen LogP contribution is -2.22. The average molecular weight is 452 g/mol. The second-order valence-corrected chi connectivity index (χ2v) is 9.93. The molecule has 5 rings (SSSR count). The highest BCUT2D eigenvalue weighted by Gasteiger charge is 2.23. The predicted molar refractivity (Wildman–Crippen MR) is 122 cm³/mol. The smallest absolute Gasteiger partial charge is 0.262 e. The van der Waals surface area contributed by atoms with E-state index in [-0.39, 0.29) is 16.4 Å². The predicted octanol–water partition coefficient (Wildman–Crippen LogP) is 2.35. The van der Waals surface area contributed by atoms with E-state index in [1.165, 1.54) is 26.2 Å². The van der Waals surface area contributed by atoms with Crippen LogP contribution in [0.5, 0.6) is 5.75 Å². The van der Waals surface area contributed by atoms with Crippen molar-refractivity contribution in [1.82, 2.24) is 19.3 Å². The van der Waals surface area contributed by atoms with Crippen LogP contribution >= 0.6 is 0 Å². The zero-order valence-corrected chi connectivity index (χ0v) is 18.3. The number of hydrogen-bond donors (Lipinski definition) is 3. The Morgan fingerprint density at radius 1 is 1.06 bits per heavy atom. The van der Waals surface area contributed by atoms with Gasteiger partial charge in [-0.25, -0.2) is 12.7 Å². The van der Waals surface area contributed by atoms with Crippen molar-refractivity contribution >= 4 is 27.0 Å². The van der Waals surface area contributed by atoms with Crippen molar-refractivity contribution in [1.29, 1.82) is 0 Å². The normalized spacial score (nSPS) is 13.5. The van der Waals surface area contributed by atoms with E-state index in [0.717, 1.165) is 27.6 Å². The van der Waals surface area contributed by atoms with Crippen molar-refractivity contribution in [2.24, 2.45) is 0 Å². The van der Waals surface area contributed by atoms with Crippen LogP contribution in [0.25, 0.3) is 33.4 Å². The molecule has 1 aliphatic heterocycles. The molecular formula is C22H21N5O4S. The number of sulfonamides is 1. The van der Waals surface area contributed by atoms with Gasteiger partial charge >= 0.3 is 0 Å². The number of anilines is 1. The third kappa shape index (κ3) is 3.15. The number of fused-ring (bicyclic) bond motifs is 2. The molecule has 0 spiro atoms.